The maximum absolute atomic E-state index is 10.3. The summed E-state index contributed by atoms with van der Waals surface area (Å²) in [5, 5.41) is 13.9. The quantitative estimate of drug-likeness (QED) is 0.695. The van der Waals surface area contributed by atoms with Gasteiger partial charge in [-0.1, -0.05) is 38.5 Å². The van der Waals surface area contributed by atoms with Crippen LogP contribution in [0.2, 0.25) is 0 Å². The van der Waals surface area contributed by atoms with E-state index < -0.39 is 0 Å². The van der Waals surface area contributed by atoms with E-state index in [0.29, 0.717) is 16.7 Å². The lowest BCUT2D eigenvalue weighted by atomic mass is 9.45. The summed E-state index contributed by atoms with van der Waals surface area (Å²) in [6.07, 6.45) is 13.6. The lowest BCUT2D eigenvalue weighted by Crippen LogP contribution is -2.54. The van der Waals surface area contributed by atoms with E-state index in [9.17, 15) is 5.11 Å². The van der Waals surface area contributed by atoms with E-state index in [1.807, 2.05) is 0 Å². The molecule has 3 fully saturated rings. The fourth-order valence-corrected chi connectivity index (χ4v) is 8.14. The summed E-state index contributed by atoms with van der Waals surface area (Å²) in [7, 11) is 0. The zero-order valence-electron chi connectivity index (χ0n) is 18.2. The predicted molar refractivity (Wildman–Crippen MR) is 115 cm³/mol. The van der Waals surface area contributed by atoms with Gasteiger partial charge in [-0.15, -0.1) is 0 Å². The Morgan fingerprint density at radius 2 is 1.86 bits per heavy atom. The largest absolute Gasteiger partial charge is 0.393 e. The van der Waals surface area contributed by atoms with Crippen molar-refractivity contribution in [3.63, 3.8) is 0 Å². The summed E-state index contributed by atoms with van der Waals surface area (Å²) in [5.74, 6) is 3.16. The third kappa shape index (κ3) is 2.68. The van der Waals surface area contributed by atoms with E-state index in [2.05, 4.69) is 43.1 Å². The van der Waals surface area contributed by atoms with Crippen LogP contribution in [0.4, 0.5) is 0 Å². The molecule has 156 valence electrons. The summed E-state index contributed by atoms with van der Waals surface area (Å²) < 4.78 is 0. The van der Waals surface area contributed by atoms with Crippen molar-refractivity contribution in [2.24, 2.45) is 34.5 Å². The Bertz CT molecular complexity index is 678. The molecule has 28 heavy (non-hydrogen) atoms. The molecule has 0 bridgehead atoms. The molecule has 2 unspecified atom stereocenters. The Kier molecular flexibility index (Phi) is 4.71. The van der Waals surface area contributed by atoms with Gasteiger partial charge in [-0.2, -0.15) is 0 Å². The Morgan fingerprint density at radius 3 is 2.61 bits per heavy atom. The summed E-state index contributed by atoms with van der Waals surface area (Å²) >= 11 is 0. The number of nitrogens with one attached hydrogen (secondary N) is 1. The highest BCUT2D eigenvalue weighted by atomic mass is 16.3. The maximum Gasteiger partial charge on any atom is 0.0577 e. The topological polar surface area (TPSA) is 35.5 Å². The Hall–Kier alpha value is -0.800. The van der Waals surface area contributed by atoms with Crippen LogP contribution < -0.4 is 5.32 Å². The second-order valence-corrected chi connectivity index (χ2v) is 10.9. The van der Waals surface area contributed by atoms with E-state index in [0.717, 1.165) is 43.7 Å². The van der Waals surface area contributed by atoms with Crippen LogP contribution in [0.5, 0.6) is 0 Å². The monoisotopic (exact) mass is 384 g/mol. The van der Waals surface area contributed by atoms with Gasteiger partial charge in [0, 0.05) is 37.3 Å². The van der Waals surface area contributed by atoms with Crippen molar-refractivity contribution >= 4 is 0 Å². The van der Waals surface area contributed by atoms with Crippen molar-refractivity contribution < 1.29 is 5.11 Å². The molecule has 1 heterocycles. The van der Waals surface area contributed by atoms with Crippen LogP contribution in [0.1, 0.15) is 65.7 Å². The average molecular weight is 385 g/mol. The first-order chi connectivity index (χ1) is 13.5. The molecular weight excluding hydrogens is 344 g/mol. The zero-order valence-corrected chi connectivity index (χ0v) is 18.2. The van der Waals surface area contributed by atoms with Gasteiger partial charge in [0.2, 0.25) is 0 Å². The van der Waals surface area contributed by atoms with E-state index in [4.69, 9.17) is 0 Å². The number of nitrogens with zero attached hydrogens (tertiary/aromatic N) is 1. The van der Waals surface area contributed by atoms with E-state index >= 15 is 0 Å². The van der Waals surface area contributed by atoms with Gasteiger partial charge in [0.25, 0.3) is 0 Å². The molecule has 0 amide bonds. The molecule has 3 nitrogen and oxygen atoms in total. The van der Waals surface area contributed by atoms with Crippen LogP contribution in [0.25, 0.3) is 0 Å². The van der Waals surface area contributed by atoms with Gasteiger partial charge >= 0.3 is 0 Å². The molecule has 3 heteroatoms. The zero-order chi connectivity index (χ0) is 19.5. The minimum atomic E-state index is -0.102. The van der Waals surface area contributed by atoms with Crippen molar-refractivity contribution in [3.8, 4) is 0 Å². The number of aliphatic hydroxyl groups excluding tert-OH is 1. The molecule has 0 aromatic heterocycles. The Morgan fingerprint density at radius 1 is 1.11 bits per heavy atom. The number of piperazine rings is 1. The van der Waals surface area contributed by atoms with Crippen LogP contribution in [-0.4, -0.2) is 42.3 Å². The number of allylic oxidation sites excluding steroid dienone is 3. The fraction of sp³-hybridized carbons (Fsp3) is 0.840. The SMILES string of the molecule is CCC1C=C2CC(O)CC[C@]2(C)[C@@H]2CC[C@]3(C)C(N4CCNCC4)=CC[C@H]3[C@H]12. The number of aliphatic hydroxyl groups is 1. The minimum absolute atomic E-state index is 0.102. The smallest absolute Gasteiger partial charge is 0.0577 e. The molecule has 0 aromatic rings. The van der Waals surface area contributed by atoms with Crippen LogP contribution in [0, 0.1) is 34.5 Å². The van der Waals surface area contributed by atoms with Crippen LogP contribution in [0.3, 0.4) is 0 Å². The molecular formula is C25H40N2O. The van der Waals surface area contributed by atoms with Crippen molar-refractivity contribution in [1.82, 2.24) is 10.2 Å². The minimum Gasteiger partial charge on any atom is -0.393 e. The number of hydrogen-bond acceptors (Lipinski definition) is 3. The molecule has 5 rings (SSSR count). The van der Waals surface area contributed by atoms with Crippen molar-refractivity contribution in [2.75, 3.05) is 26.2 Å². The Labute approximate surface area is 171 Å². The van der Waals surface area contributed by atoms with Gasteiger partial charge in [0.1, 0.15) is 0 Å². The summed E-state index contributed by atoms with van der Waals surface area (Å²) in [4.78, 5) is 2.71. The van der Waals surface area contributed by atoms with Crippen molar-refractivity contribution in [2.45, 2.75) is 71.8 Å². The number of fused-ring (bicyclic) bond motifs is 5. The first-order valence-electron chi connectivity index (χ1n) is 12.0. The van der Waals surface area contributed by atoms with E-state index in [1.54, 1.807) is 11.3 Å². The highest BCUT2D eigenvalue weighted by molar-refractivity contribution is 5.31. The summed E-state index contributed by atoms with van der Waals surface area (Å²) in [6.45, 7) is 12.2. The lowest BCUT2D eigenvalue weighted by molar-refractivity contribution is -0.0579. The predicted octanol–water partition coefficient (Wildman–Crippen LogP) is 4.35. The molecule has 0 radical (unpaired) electrons. The molecule has 0 aromatic carbocycles. The van der Waals surface area contributed by atoms with E-state index in [-0.39, 0.29) is 6.10 Å². The van der Waals surface area contributed by atoms with Crippen LogP contribution in [-0.2, 0) is 0 Å². The third-order valence-electron chi connectivity index (χ3n) is 9.72. The molecule has 1 saturated heterocycles. The third-order valence-corrected chi connectivity index (χ3v) is 9.72. The second kappa shape index (κ2) is 6.87. The lowest BCUT2D eigenvalue weighted by Gasteiger charge is -2.60. The molecule has 1 aliphatic heterocycles. The normalized spacial score (nSPS) is 48.3. The first kappa shape index (κ1) is 19.2. The Balaban J connectivity index is 1.48. The van der Waals surface area contributed by atoms with Gasteiger partial charge in [-0.25, -0.2) is 0 Å². The number of hydrogen-bond donors (Lipinski definition) is 2. The highest BCUT2D eigenvalue weighted by Gasteiger charge is 2.59. The highest BCUT2D eigenvalue weighted by Crippen LogP contribution is 2.66. The van der Waals surface area contributed by atoms with Crippen molar-refractivity contribution in [3.05, 3.63) is 23.4 Å². The summed E-state index contributed by atoms with van der Waals surface area (Å²) in [5.41, 5.74) is 4.01. The van der Waals surface area contributed by atoms with Gasteiger partial charge in [-0.05, 0) is 74.0 Å². The van der Waals surface area contributed by atoms with Gasteiger partial charge < -0.3 is 15.3 Å². The molecule has 2 saturated carbocycles. The van der Waals surface area contributed by atoms with Crippen LogP contribution in [0.15, 0.2) is 23.4 Å². The molecule has 2 N–H and O–H groups in total. The van der Waals surface area contributed by atoms with Gasteiger partial charge in [0.05, 0.1) is 6.10 Å². The molecule has 5 aliphatic rings. The number of rotatable bonds is 2. The van der Waals surface area contributed by atoms with Crippen LogP contribution >= 0.6 is 0 Å². The summed E-state index contributed by atoms with van der Waals surface area (Å²) in [6, 6.07) is 0. The average Bonchev–Trinajstić information content (AvgIpc) is 3.06. The molecule has 7 atom stereocenters. The molecule has 0 spiro atoms. The second-order valence-electron chi connectivity index (χ2n) is 10.9. The van der Waals surface area contributed by atoms with Gasteiger partial charge in [0.15, 0.2) is 0 Å². The van der Waals surface area contributed by atoms with Crippen molar-refractivity contribution in [1.29, 1.82) is 0 Å². The fourth-order valence-electron chi connectivity index (χ4n) is 8.14. The first-order valence-corrected chi connectivity index (χ1v) is 12.0. The molecule has 4 aliphatic carbocycles. The van der Waals surface area contributed by atoms with Gasteiger partial charge in [-0.3, -0.25) is 0 Å². The van der Waals surface area contributed by atoms with E-state index in [1.165, 1.54) is 45.2 Å². The maximum atomic E-state index is 10.3. The standard InChI is InChI=1S/C25H40N2O/c1-4-17-15-18-16-19(28)7-9-24(18,2)21-8-10-25(3)20(23(17)21)5-6-22(25)27-13-11-26-12-14-27/h6,15,17,19-21,23,26,28H,4-5,7-14,16H2,1-3H3/t17?,19?,20-,21+,23-,24-,25-/m0/s1.